The molecule has 0 aromatic heterocycles. The first-order valence-corrected chi connectivity index (χ1v) is 6.24. The Balaban J connectivity index is 2.20. The van der Waals surface area contributed by atoms with Crippen molar-refractivity contribution in [1.29, 1.82) is 0 Å². The largest absolute Gasteiger partial charge is 0.467 e. The topological polar surface area (TPSA) is 41.6 Å². The van der Waals surface area contributed by atoms with Crippen LogP contribution in [0.5, 0.6) is 0 Å². The summed E-state index contributed by atoms with van der Waals surface area (Å²) in [6.07, 6.45) is 0.735. The number of nitrogens with zero attached hydrogens (tertiary/aromatic N) is 1. The van der Waals surface area contributed by atoms with Crippen molar-refractivity contribution < 1.29 is 9.53 Å². The Labute approximate surface area is 112 Å². The molecule has 0 amide bonds. The molecule has 1 aliphatic rings. The highest BCUT2D eigenvalue weighted by molar-refractivity contribution is 6.30. The maximum Gasteiger partial charge on any atom is 0.332 e. The molecule has 0 aliphatic carbocycles. The number of esters is 1. The first-order chi connectivity index (χ1) is 8.55. The third kappa shape index (κ3) is 2.60. The van der Waals surface area contributed by atoms with Crippen LogP contribution in [-0.2, 0) is 9.53 Å². The number of carbonyl (C=O) groups is 1. The lowest BCUT2D eigenvalue weighted by Crippen LogP contribution is -2.49. The summed E-state index contributed by atoms with van der Waals surface area (Å²) in [6.45, 7) is 1.51. The molecule has 5 heteroatoms. The van der Waals surface area contributed by atoms with Gasteiger partial charge in [0.15, 0.2) is 0 Å². The van der Waals surface area contributed by atoms with Crippen molar-refractivity contribution in [2.24, 2.45) is 0 Å². The highest BCUT2D eigenvalue weighted by atomic mass is 35.5. The van der Waals surface area contributed by atoms with E-state index in [9.17, 15) is 4.79 Å². The van der Waals surface area contributed by atoms with Gasteiger partial charge >= 0.3 is 5.97 Å². The minimum absolute atomic E-state index is 0.221. The SMILES string of the molecule is COC(=O)C1(Nc2ccc(Cl)cc2)CCN(C)C1. The lowest BCUT2D eigenvalue weighted by Gasteiger charge is -2.28. The number of anilines is 1. The zero-order valence-corrected chi connectivity index (χ0v) is 11.3. The standard InChI is InChI=1S/C13H17ClN2O2/c1-16-8-7-13(9-16,12(17)18-2)15-11-5-3-10(14)4-6-11/h3-6,15H,7-9H2,1-2H3. The molecular formula is C13H17ClN2O2. The third-order valence-electron chi connectivity index (χ3n) is 3.26. The number of halogens is 1. The lowest BCUT2D eigenvalue weighted by atomic mass is 9.98. The van der Waals surface area contributed by atoms with E-state index in [0.29, 0.717) is 11.6 Å². The first kappa shape index (κ1) is 13.2. The van der Waals surface area contributed by atoms with Crippen LogP contribution in [0.15, 0.2) is 24.3 Å². The van der Waals surface area contributed by atoms with Crippen molar-refractivity contribution in [3.8, 4) is 0 Å². The van der Waals surface area contributed by atoms with E-state index in [1.54, 1.807) is 12.1 Å². The Bertz CT molecular complexity index is 435. The van der Waals surface area contributed by atoms with Gasteiger partial charge in [-0.25, -0.2) is 4.79 Å². The zero-order valence-electron chi connectivity index (χ0n) is 10.6. The molecule has 4 nitrogen and oxygen atoms in total. The molecule has 98 valence electrons. The summed E-state index contributed by atoms with van der Waals surface area (Å²) in [5.41, 5.74) is 0.220. The molecule has 0 saturated carbocycles. The van der Waals surface area contributed by atoms with Crippen LogP contribution >= 0.6 is 11.6 Å². The number of hydrogen-bond donors (Lipinski definition) is 1. The van der Waals surface area contributed by atoms with Crippen molar-refractivity contribution in [3.05, 3.63) is 29.3 Å². The molecule has 1 aromatic carbocycles. The Hall–Kier alpha value is -1.26. The van der Waals surface area contributed by atoms with E-state index in [0.717, 1.165) is 18.7 Å². The zero-order chi connectivity index (χ0) is 13.2. The predicted octanol–water partition coefficient (Wildman–Crippen LogP) is 2.00. The number of likely N-dealkylation sites (tertiary alicyclic amines) is 1. The van der Waals surface area contributed by atoms with Crippen LogP contribution in [0.1, 0.15) is 6.42 Å². The smallest absolute Gasteiger partial charge is 0.332 e. The number of ether oxygens (including phenoxy) is 1. The van der Waals surface area contributed by atoms with Gasteiger partial charge in [0.1, 0.15) is 5.54 Å². The van der Waals surface area contributed by atoms with Crippen LogP contribution in [0.3, 0.4) is 0 Å². The molecule has 1 heterocycles. The second-order valence-electron chi connectivity index (χ2n) is 4.69. The van der Waals surface area contributed by atoms with Crippen LogP contribution < -0.4 is 5.32 Å². The van der Waals surface area contributed by atoms with Gasteiger partial charge in [0.2, 0.25) is 0 Å². The van der Waals surface area contributed by atoms with E-state index in [1.165, 1.54) is 7.11 Å². The molecule has 2 rings (SSSR count). The summed E-state index contributed by atoms with van der Waals surface area (Å²) in [5.74, 6) is -0.221. The number of rotatable bonds is 3. The molecule has 1 N–H and O–H groups in total. The first-order valence-electron chi connectivity index (χ1n) is 5.86. The predicted molar refractivity (Wildman–Crippen MR) is 71.9 cm³/mol. The van der Waals surface area contributed by atoms with Gasteiger partial charge in [0.05, 0.1) is 7.11 Å². The molecule has 1 fully saturated rings. The Kier molecular flexibility index (Phi) is 3.78. The third-order valence-corrected chi connectivity index (χ3v) is 3.52. The van der Waals surface area contributed by atoms with E-state index in [2.05, 4.69) is 10.2 Å². The number of benzene rings is 1. The number of likely N-dealkylation sites (N-methyl/N-ethyl adjacent to an activating group) is 1. The molecule has 0 spiro atoms. The molecular weight excluding hydrogens is 252 g/mol. The van der Waals surface area contributed by atoms with Gasteiger partial charge in [-0.3, -0.25) is 0 Å². The summed E-state index contributed by atoms with van der Waals surface area (Å²) < 4.78 is 4.93. The normalized spacial score (nSPS) is 23.9. The van der Waals surface area contributed by atoms with Crippen molar-refractivity contribution >= 4 is 23.3 Å². The van der Waals surface area contributed by atoms with E-state index < -0.39 is 5.54 Å². The van der Waals surface area contributed by atoms with Crippen molar-refractivity contribution in [2.45, 2.75) is 12.0 Å². The van der Waals surface area contributed by atoms with Crippen molar-refractivity contribution in [3.63, 3.8) is 0 Å². The van der Waals surface area contributed by atoms with Gasteiger partial charge in [0.25, 0.3) is 0 Å². The summed E-state index contributed by atoms with van der Waals surface area (Å²) >= 11 is 5.85. The maximum absolute atomic E-state index is 12.0. The van der Waals surface area contributed by atoms with Gasteiger partial charge in [-0.05, 0) is 37.7 Å². The van der Waals surface area contributed by atoms with E-state index in [1.807, 2.05) is 19.2 Å². The summed E-state index contributed by atoms with van der Waals surface area (Å²) in [6, 6.07) is 7.33. The molecule has 1 atom stereocenters. The fourth-order valence-electron chi connectivity index (χ4n) is 2.33. The Morgan fingerprint density at radius 2 is 2.11 bits per heavy atom. The van der Waals surface area contributed by atoms with Crippen molar-refractivity contribution in [2.75, 3.05) is 32.6 Å². The fraction of sp³-hybridized carbons (Fsp3) is 0.462. The Morgan fingerprint density at radius 3 is 2.61 bits per heavy atom. The number of hydrogen-bond acceptors (Lipinski definition) is 4. The molecule has 1 unspecified atom stereocenters. The van der Waals surface area contributed by atoms with Crippen LogP contribution in [0.4, 0.5) is 5.69 Å². The van der Waals surface area contributed by atoms with Crippen LogP contribution in [-0.4, -0.2) is 43.7 Å². The number of nitrogens with one attached hydrogen (secondary N) is 1. The quantitative estimate of drug-likeness (QED) is 0.852. The van der Waals surface area contributed by atoms with Gasteiger partial charge < -0.3 is 15.0 Å². The molecule has 1 aromatic rings. The second kappa shape index (κ2) is 5.16. The second-order valence-corrected chi connectivity index (χ2v) is 5.13. The monoisotopic (exact) mass is 268 g/mol. The molecule has 1 saturated heterocycles. The number of carbonyl (C=O) groups excluding carboxylic acids is 1. The van der Waals surface area contributed by atoms with Gasteiger partial charge in [-0.1, -0.05) is 11.6 Å². The number of methoxy groups -OCH3 is 1. The highest BCUT2D eigenvalue weighted by Gasteiger charge is 2.44. The van der Waals surface area contributed by atoms with Crippen LogP contribution in [0, 0.1) is 0 Å². The minimum atomic E-state index is -0.655. The molecule has 1 aliphatic heterocycles. The molecule has 0 bridgehead atoms. The average Bonchev–Trinajstić information content (AvgIpc) is 2.74. The summed E-state index contributed by atoms with van der Waals surface area (Å²) in [5, 5.41) is 3.96. The highest BCUT2D eigenvalue weighted by Crippen LogP contribution is 2.27. The summed E-state index contributed by atoms with van der Waals surface area (Å²) in [4.78, 5) is 14.1. The van der Waals surface area contributed by atoms with E-state index >= 15 is 0 Å². The summed E-state index contributed by atoms with van der Waals surface area (Å²) in [7, 11) is 3.42. The average molecular weight is 269 g/mol. The van der Waals surface area contributed by atoms with Gasteiger partial charge in [0, 0.05) is 23.8 Å². The minimum Gasteiger partial charge on any atom is -0.467 e. The van der Waals surface area contributed by atoms with Crippen LogP contribution in [0.2, 0.25) is 5.02 Å². The van der Waals surface area contributed by atoms with E-state index in [-0.39, 0.29) is 5.97 Å². The fourth-order valence-corrected chi connectivity index (χ4v) is 2.45. The molecule has 0 radical (unpaired) electrons. The van der Waals surface area contributed by atoms with Gasteiger partial charge in [-0.15, -0.1) is 0 Å². The van der Waals surface area contributed by atoms with E-state index in [4.69, 9.17) is 16.3 Å². The van der Waals surface area contributed by atoms with Gasteiger partial charge in [-0.2, -0.15) is 0 Å². The van der Waals surface area contributed by atoms with Crippen LogP contribution in [0.25, 0.3) is 0 Å². The van der Waals surface area contributed by atoms with Crippen molar-refractivity contribution in [1.82, 2.24) is 4.90 Å². The lowest BCUT2D eigenvalue weighted by molar-refractivity contribution is -0.145. The maximum atomic E-state index is 12.0. The Morgan fingerprint density at radius 1 is 1.44 bits per heavy atom. The molecule has 18 heavy (non-hydrogen) atoms.